The van der Waals surface area contributed by atoms with Crippen molar-refractivity contribution in [3.63, 3.8) is 0 Å². The van der Waals surface area contributed by atoms with Gasteiger partial charge in [-0.3, -0.25) is 9.78 Å². The minimum Gasteiger partial charge on any atom is -0.457 e. The highest BCUT2D eigenvalue weighted by atomic mass is 19.1. The molecule has 3 rings (SSSR count). The Kier molecular flexibility index (Phi) is 6.81. The van der Waals surface area contributed by atoms with Crippen LogP contribution in [0.4, 0.5) is 14.9 Å². The molecule has 0 aliphatic heterocycles. The van der Waals surface area contributed by atoms with E-state index in [1.807, 2.05) is 0 Å². The van der Waals surface area contributed by atoms with E-state index in [1.54, 1.807) is 30.3 Å². The summed E-state index contributed by atoms with van der Waals surface area (Å²) in [6.45, 7) is 0.239. The van der Waals surface area contributed by atoms with Gasteiger partial charge in [0.25, 0.3) is 5.91 Å². The number of benzene rings is 2. The Morgan fingerprint density at radius 2 is 1.90 bits per heavy atom. The number of ether oxygens (including phenoxy) is 1. The molecule has 0 spiro atoms. The fraction of sp³-hybridized carbons (Fsp3) is 0.0870. The van der Waals surface area contributed by atoms with Gasteiger partial charge in [-0.2, -0.15) is 0 Å². The van der Waals surface area contributed by atoms with Gasteiger partial charge >= 0.3 is 6.03 Å². The molecule has 0 aliphatic rings. The van der Waals surface area contributed by atoms with Gasteiger partial charge in [0.2, 0.25) is 0 Å². The number of hydrogen-bond acceptors (Lipinski definition) is 4. The van der Waals surface area contributed by atoms with Crippen LogP contribution in [0, 0.1) is 18.2 Å². The smallest absolute Gasteiger partial charge is 0.319 e. The minimum atomic E-state index is -0.576. The molecular weight excluding hydrogens is 399 g/mol. The standard InChI is InChI=1S/C23H19FN4O3/c1-3-18-19(24)5-4-6-20(18)28-23(30)27-14-15-7-9-16(10-8-15)31-17-11-12-26-21(13-17)22(29)25-2/h1,4-13H,14H2,2H3,(H,25,29)(H2,27,28,30). The van der Waals surface area contributed by atoms with Crippen molar-refractivity contribution in [2.45, 2.75) is 6.54 Å². The first kappa shape index (κ1) is 21.3. The Bertz CT molecular complexity index is 1140. The molecule has 3 amide bonds. The van der Waals surface area contributed by atoms with Crippen molar-refractivity contribution in [3.05, 3.63) is 83.4 Å². The Morgan fingerprint density at radius 3 is 2.61 bits per heavy atom. The van der Waals surface area contributed by atoms with E-state index in [0.717, 1.165) is 5.56 Å². The van der Waals surface area contributed by atoms with Crippen molar-refractivity contribution in [2.75, 3.05) is 12.4 Å². The van der Waals surface area contributed by atoms with Crippen LogP contribution in [0.5, 0.6) is 11.5 Å². The molecule has 0 fully saturated rings. The summed E-state index contributed by atoms with van der Waals surface area (Å²) < 4.78 is 19.4. The molecule has 7 nitrogen and oxygen atoms in total. The highest BCUT2D eigenvalue weighted by Gasteiger charge is 2.10. The molecule has 2 aromatic carbocycles. The number of carbonyl (C=O) groups excluding carboxylic acids is 2. The number of amides is 3. The predicted molar refractivity (Wildman–Crippen MR) is 114 cm³/mol. The zero-order chi connectivity index (χ0) is 22.2. The molecule has 8 heteroatoms. The first-order valence-electron chi connectivity index (χ1n) is 9.25. The van der Waals surface area contributed by atoms with Crippen molar-refractivity contribution < 1.29 is 18.7 Å². The molecule has 0 aliphatic carbocycles. The van der Waals surface area contributed by atoms with E-state index in [4.69, 9.17) is 11.2 Å². The highest BCUT2D eigenvalue weighted by Crippen LogP contribution is 2.22. The maximum atomic E-state index is 13.7. The maximum Gasteiger partial charge on any atom is 0.319 e. The molecule has 3 aromatic rings. The molecular formula is C23H19FN4O3. The second-order valence-electron chi connectivity index (χ2n) is 6.32. The number of halogens is 1. The summed E-state index contributed by atoms with van der Waals surface area (Å²) in [5.74, 6) is 2.37. The SMILES string of the molecule is C#Cc1c(F)cccc1NC(=O)NCc1ccc(Oc2ccnc(C(=O)NC)c2)cc1. The largest absolute Gasteiger partial charge is 0.457 e. The van der Waals surface area contributed by atoms with Crippen molar-refractivity contribution in [1.29, 1.82) is 0 Å². The molecule has 0 saturated heterocycles. The van der Waals surface area contributed by atoms with E-state index in [2.05, 4.69) is 26.9 Å². The lowest BCUT2D eigenvalue weighted by Gasteiger charge is -2.11. The summed E-state index contributed by atoms with van der Waals surface area (Å²) in [6.07, 6.45) is 6.78. The number of pyridine rings is 1. The van der Waals surface area contributed by atoms with E-state index >= 15 is 0 Å². The number of aromatic nitrogens is 1. The highest BCUT2D eigenvalue weighted by molar-refractivity contribution is 5.92. The lowest BCUT2D eigenvalue weighted by molar-refractivity contribution is 0.0958. The summed E-state index contributed by atoms with van der Waals surface area (Å²) >= 11 is 0. The molecule has 1 aromatic heterocycles. The van der Waals surface area contributed by atoms with Crippen molar-refractivity contribution >= 4 is 17.6 Å². The van der Waals surface area contributed by atoms with E-state index in [1.165, 1.54) is 37.5 Å². The molecule has 1 heterocycles. The van der Waals surface area contributed by atoms with Crippen LogP contribution in [-0.2, 0) is 6.54 Å². The number of rotatable bonds is 6. The molecule has 0 atom stereocenters. The van der Waals surface area contributed by atoms with Crippen molar-refractivity contribution in [3.8, 4) is 23.8 Å². The molecule has 0 radical (unpaired) electrons. The van der Waals surface area contributed by atoms with Gasteiger partial charge < -0.3 is 20.7 Å². The molecule has 31 heavy (non-hydrogen) atoms. The quantitative estimate of drug-likeness (QED) is 0.533. The van der Waals surface area contributed by atoms with Gasteiger partial charge in [0.1, 0.15) is 23.0 Å². The molecule has 156 valence electrons. The van der Waals surface area contributed by atoms with E-state index in [-0.39, 0.29) is 29.4 Å². The zero-order valence-corrected chi connectivity index (χ0v) is 16.6. The number of nitrogens with zero attached hydrogens (tertiary/aromatic N) is 1. The first-order chi connectivity index (χ1) is 15.0. The predicted octanol–water partition coefficient (Wildman–Crippen LogP) is 3.68. The zero-order valence-electron chi connectivity index (χ0n) is 16.6. The van der Waals surface area contributed by atoms with Gasteiger partial charge in [0, 0.05) is 25.9 Å². The number of hydrogen-bond donors (Lipinski definition) is 3. The average molecular weight is 418 g/mol. The Hall–Kier alpha value is -4.38. The lowest BCUT2D eigenvalue weighted by Crippen LogP contribution is -2.28. The Balaban J connectivity index is 1.56. The fourth-order valence-corrected chi connectivity index (χ4v) is 2.66. The summed E-state index contributed by atoms with van der Waals surface area (Å²) in [6, 6.07) is 13.9. The second kappa shape index (κ2) is 9.89. The van der Waals surface area contributed by atoms with Crippen LogP contribution >= 0.6 is 0 Å². The summed E-state index contributed by atoms with van der Waals surface area (Å²) in [5.41, 5.74) is 1.28. The monoisotopic (exact) mass is 418 g/mol. The first-order valence-corrected chi connectivity index (χ1v) is 9.25. The van der Waals surface area contributed by atoms with Gasteiger partial charge in [-0.05, 0) is 35.9 Å². The Morgan fingerprint density at radius 1 is 1.13 bits per heavy atom. The van der Waals surface area contributed by atoms with Crippen LogP contribution in [-0.4, -0.2) is 24.0 Å². The normalized spacial score (nSPS) is 9.97. The van der Waals surface area contributed by atoms with Crippen LogP contribution in [0.15, 0.2) is 60.8 Å². The number of urea groups is 1. The summed E-state index contributed by atoms with van der Waals surface area (Å²) in [5, 5.41) is 7.72. The molecule has 3 N–H and O–H groups in total. The van der Waals surface area contributed by atoms with Gasteiger partial charge in [-0.25, -0.2) is 9.18 Å². The average Bonchev–Trinajstić information content (AvgIpc) is 2.78. The third-order valence-corrected chi connectivity index (χ3v) is 4.21. The summed E-state index contributed by atoms with van der Waals surface area (Å²) in [7, 11) is 1.52. The van der Waals surface area contributed by atoms with Crippen LogP contribution in [0.3, 0.4) is 0 Å². The number of terminal acetylenes is 1. The maximum absolute atomic E-state index is 13.7. The molecule has 0 saturated carbocycles. The summed E-state index contributed by atoms with van der Waals surface area (Å²) in [4.78, 5) is 27.8. The van der Waals surface area contributed by atoms with Crippen LogP contribution < -0.4 is 20.7 Å². The van der Waals surface area contributed by atoms with Crippen LogP contribution in [0.1, 0.15) is 21.6 Å². The van der Waals surface area contributed by atoms with Gasteiger partial charge in [0.05, 0.1) is 11.3 Å². The van der Waals surface area contributed by atoms with E-state index in [0.29, 0.717) is 11.5 Å². The fourth-order valence-electron chi connectivity index (χ4n) is 2.66. The van der Waals surface area contributed by atoms with Crippen molar-refractivity contribution in [1.82, 2.24) is 15.6 Å². The molecule has 0 bridgehead atoms. The van der Waals surface area contributed by atoms with Crippen LogP contribution in [0.2, 0.25) is 0 Å². The third-order valence-electron chi connectivity index (χ3n) is 4.21. The van der Waals surface area contributed by atoms with E-state index < -0.39 is 11.8 Å². The van der Waals surface area contributed by atoms with Crippen molar-refractivity contribution in [2.24, 2.45) is 0 Å². The number of carbonyl (C=O) groups is 2. The molecule has 0 unspecified atom stereocenters. The van der Waals surface area contributed by atoms with E-state index in [9.17, 15) is 14.0 Å². The number of anilines is 1. The van der Waals surface area contributed by atoms with Gasteiger partial charge in [-0.15, -0.1) is 6.42 Å². The van der Waals surface area contributed by atoms with Gasteiger partial charge in [0.15, 0.2) is 0 Å². The van der Waals surface area contributed by atoms with Gasteiger partial charge in [-0.1, -0.05) is 24.1 Å². The lowest BCUT2D eigenvalue weighted by atomic mass is 10.2. The third kappa shape index (κ3) is 5.58. The minimum absolute atomic E-state index is 0.00478. The van der Waals surface area contributed by atoms with Crippen LogP contribution in [0.25, 0.3) is 0 Å². The number of nitrogens with one attached hydrogen (secondary N) is 3. The topological polar surface area (TPSA) is 92.3 Å². The Labute approximate surface area is 178 Å². The second-order valence-corrected chi connectivity index (χ2v) is 6.32.